The molecule has 0 bridgehead atoms. The van der Waals surface area contributed by atoms with E-state index in [-0.39, 0.29) is 16.2 Å². The third kappa shape index (κ3) is 7.49. The number of hydrogen-bond donors (Lipinski definition) is 0. The molecule has 1 aliphatic rings. The number of pyridine rings is 1. The quantitative estimate of drug-likeness (QED) is 0.160. The zero-order valence-electron chi connectivity index (χ0n) is 40.7. The van der Waals surface area contributed by atoms with Crippen LogP contribution >= 0.6 is 0 Å². The van der Waals surface area contributed by atoms with Crippen LogP contribution < -0.4 is 14.5 Å². The van der Waals surface area contributed by atoms with Crippen molar-refractivity contribution in [2.45, 2.75) is 78.6 Å². The van der Waals surface area contributed by atoms with E-state index in [2.05, 4.69) is 263 Å². The van der Waals surface area contributed by atoms with Crippen LogP contribution in [0.2, 0.25) is 0 Å². The molecule has 0 radical (unpaired) electrons. The normalized spacial score (nSPS) is 13.2. The van der Waals surface area contributed by atoms with Crippen molar-refractivity contribution in [3.05, 3.63) is 199 Å². The van der Waals surface area contributed by atoms with Crippen molar-refractivity contribution < 1.29 is 4.74 Å². The van der Waals surface area contributed by atoms with Crippen LogP contribution in [0.1, 0.15) is 79.0 Å². The van der Waals surface area contributed by atoms with Gasteiger partial charge < -0.3 is 19.1 Å². The largest absolute Gasteiger partial charge is 0.457 e. The minimum atomic E-state index is -0.156. The Bertz CT molecular complexity index is 3510. The molecule has 11 rings (SSSR count). The summed E-state index contributed by atoms with van der Waals surface area (Å²) in [7, 11) is 0. The summed E-state index contributed by atoms with van der Waals surface area (Å²) in [5.41, 5.74) is 16.0. The Morgan fingerprint density at radius 3 is 1.72 bits per heavy atom. The molecule has 0 saturated carbocycles. The lowest BCUT2D eigenvalue weighted by Crippen LogP contribution is -2.24. The molecule has 0 saturated heterocycles. The third-order valence-electron chi connectivity index (χ3n) is 13.7. The molecule has 68 heavy (non-hydrogen) atoms. The van der Waals surface area contributed by atoms with Crippen molar-refractivity contribution >= 4 is 55.6 Å². The monoisotopic (exact) mass is 889 g/mol. The first kappa shape index (κ1) is 43.0. The van der Waals surface area contributed by atoms with Gasteiger partial charge in [-0.25, -0.2) is 4.98 Å². The molecule has 0 unspecified atom stereocenters. The Balaban J connectivity index is 1.07. The van der Waals surface area contributed by atoms with Gasteiger partial charge in [0.2, 0.25) is 0 Å². The van der Waals surface area contributed by atoms with E-state index in [9.17, 15) is 0 Å². The highest BCUT2D eigenvalue weighted by Gasteiger charge is 2.31. The zero-order valence-corrected chi connectivity index (χ0v) is 40.7. The maximum atomic E-state index is 7.11. The molecule has 0 atom stereocenters. The number of fused-ring (bicyclic) bond motifs is 6. The molecular formula is C62H59N5O. The van der Waals surface area contributed by atoms with Gasteiger partial charge in [-0.3, -0.25) is 4.57 Å². The molecule has 4 heterocycles. The molecule has 3 aromatic heterocycles. The van der Waals surface area contributed by atoms with Crippen molar-refractivity contribution in [1.82, 2.24) is 14.1 Å². The smallest absolute Gasteiger partial charge is 0.137 e. The van der Waals surface area contributed by atoms with Crippen LogP contribution in [0.25, 0.3) is 55.5 Å². The summed E-state index contributed by atoms with van der Waals surface area (Å²) in [6.45, 7) is 21.2. The van der Waals surface area contributed by atoms with Crippen molar-refractivity contribution in [2.75, 3.05) is 16.5 Å². The third-order valence-corrected chi connectivity index (χ3v) is 13.7. The van der Waals surface area contributed by atoms with Gasteiger partial charge in [0.15, 0.2) is 0 Å². The van der Waals surface area contributed by atoms with Gasteiger partial charge >= 0.3 is 0 Å². The average molecular weight is 890 g/mol. The SMILES string of the molecule is CC(C)(C)c1ccc(N2CN(c3cc(Oc4ccc5c(c4)n(-c4cc(C(C)(C)C)c(-c6ccccc6)cn4)c4c6ccccc6n(-c6ccccc6)c54)cc(C(C)(C)C)c3)c3ccccc32)cc1. The number of benzene rings is 7. The predicted molar refractivity (Wildman–Crippen MR) is 285 cm³/mol. The lowest BCUT2D eigenvalue weighted by atomic mass is 9.82. The van der Waals surface area contributed by atoms with E-state index < -0.39 is 0 Å². The molecule has 338 valence electrons. The summed E-state index contributed by atoms with van der Waals surface area (Å²) >= 11 is 0. The summed E-state index contributed by atoms with van der Waals surface area (Å²) in [6.07, 6.45) is 2.07. The van der Waals surface area contributed by atoms with E-state index >= 15 is 0 Å². The minimum Gasteiger partial charge on any atom is -0.457 e. The molecule has 6 nitrogen and oxygen atoms in total. The predicted octanol–water partition coefficient (Wildman–Crippen LogP) is 16.7. The number of anilines is 4. The van der Waals surface area contributed by atoms with Crippen LogP contribution in [0.5, 0.6) is 11.5 Å². The van der Waals surface area contributed by atoms with Crippen molar-refractivity contribution in [2.24, 2.45) is 0 Å². The van der Waals surface area contributed by atoms with Gasteiger partial charge in [-0.15, -0.1) is 0 Å². The molecule has 0 amide bonds. The van der Waals surface area contributed by atoms with Crippen LogP contribution in [0.4, 0.5) is 22.7 Å². The Labute approximate surface area is 400 Å². The summed E-state index contributed by atoms with van der Waals surface area (Å²) < 4.78 is 11.9. The minimum absolute atomic E-state index is 0.0831. The molecule has 0 fully saturated rings. The van der Waals surface area contributed by atoms with E-state index in [4.69, 9.17) is 9.72 Å². The fourth-order valence-corrected chi connectivity index (χ4v) is 10.1. The highest BCUT2D eigenvalue weighted by molar-refractivity contribution is 6.20. The van der Waals surface area contributed by atoms with Gasteiger partial charge in [0.1, 0.15) is 24.0 Å². The first-order valence-corrected chi connectivity index (χ1v) is 23.9. The Morgan fingerprint density at radius 2 is 1.04 bits per heavy atom. The van der Waals surface area contributed by atoms with Crippen molar-refractivity contribution in [3.8, 4) is 34.1 Å². The maximum Gasteiger partial charge on any atom is 0.137 e. The topological polar surface area (TPSA) is 38.5 Å². The molecule has 10 aromatic rings. The Kier molecular flexibility index (Phi) is 10.2. The van der Waals surface area contributed by atoms with Gasteiger partial charge in [0.05, 0.1) is 33.4 Å². The second kappa shape index (κ2) is 16.1. The number of aromatic nitrogens is 3. The molecule has 0 spiro atoms. The zero-order chi connectivity index (χ0) is 47.1. The fraction of sp³-hybridized carbons (Fsp3) is 0.210. The second-order valence-electron chi connectivity index (χ2n) is 21.5. The van der Waals surface area contributed by atoms with Gasteiger partial charge in [-0.1, -0.05) is 153 Å². The molecule has 7 aromatic carbocycles. The Hall–Kier alpha value is -7.57. The second-order valence-corrected chi connectivity index (χ2v) is 21.5. The highest BCUT2D eigenvalue weighted by Crippen LogP contribution is 2.47. The number of rotatable bonds is 7. The van der Waals surface area contributed by atoms with Crippen LogP contribution in [-0.2, 0) is 16.2 Å². The summed E-state index contributed by atoms with van der Waals surface area (Å²) in [6, 6.07) is 63.5. The van der Waals surface area contributed by atoms with Gasteiger partial charge in [-0.2, -0.15) is 0 Å². The highest BCUT2D eigenvalue weighted by atomic mass is 16.5. The van der Waals surface area contributed by atoms with Crippen molar-refractivity contribution in [1.29, 1.82) is 0 Å². The standard InChI is InChI=1S/C62H59N5O/c1-60(2,3)42-28-30-44(31-29-42)64-40-65(55-27-19-18-26-54(55)64)46-34-43(61(4,5)6)35-48(36-46)68-47-32-33-50-56(37-47)67(57-38-52(62(7,8)9)51(39-63-57)41-20-12-10-13-21-41)59-49-24-16-17-25-53(49)66(58(50)59)45-22-14-11-15-23-45/h10-39H,40H2,1-9H3. The van der Waals surface area contributed by atoms with Crippen LogP contribution in [0, 0.1) is 0 Å². The van der Waals surface area contributed by atoms with Gasteiger partial charge in [-0.05, 0) is 111 Å². The molecular weight excluding hydrogens is 831 g/mol. The molecule has 1 aliphatic heterocycles. The Morgan fingerprint density at radius 1 is 0.441 bits per heavy atom. The number of nitrogens with zero attached hydrogens (tertiary/aromatic N) is 5. The number of para-hydroxylation sites is 4. The molecule has 0 N–H and O–H groups in total. The number of hydrogen-bond acceptors (Lipinski definition) is 4. The lowest BCUT2D eigenvalue weighted by Gasteiger charge is -2.26. The van der Waals surface area contributed by atoms with Gasteiger partial charge in [0, 0.05) is 51.7 Å². The van der Waals surface area contributed by atoms with E-state index in [1.165, 1.54) is 33.8 Å². The van der Waals surface area contributed by atoms with Crippen LogP contribution in [-0.4, -0.2) is 20.8 Å². The number of ether oxygens (including phenoxy) is 1. The summed E-state index contributed by atoms with van der Waals surface area (Å²) in [4.78, 5) is 10.2. The molecule has 0 aliphatic carbocycles. The van der Waals surface area contributed by atoms with Crippen LogP contribution in [0.3, 0.4) is 0 Å². The van der Waals surface area contributed by atoms with Crippen LogP contribution in [0.15, 0.2) is 182 Å². The van der Waals surface area contributed by atoms with Crippen molar-refractivity contribution in [3.63, 3.8) is 0 Å². The lowest BCUT2D eigenvalue weighted by molar-refractivity contribution is 0.479. The maximum absolute atomic E-state index is 7.11. The molecule has 6 heteroatoms. The average Bonchev–Trinajstić information content (AvgIpc) is 3.99. The van der Waals surface area contributed by atoms with Gasteiger partial charge in [0.25, 0.3) is 0 Å². The van der Waals surface area contributed by atoms with E-state index in [1.54, 1.807) is 0 Å². The first-order chi connectivity index (χ1) is 32.6. The van der Waals surface area contributed by atoms with E-state index in [0.717, 1.165) is 72.7 Å². The summed E-state index contributed by atoms with van der Waals surface area (Å²) in [5, 5.41) is 2.27. The van der Waals surface area contributed by atoms with E-state index in [0.29, 0.717) is 6.67 Å². The fourth-order valence-electron chi connectivity index (χ4n) is 10.1. The van der Waals surface area contributed by atoms with E-state index in [1.807, 2.05) is 0 Å². The summed E-state index contributed by atoms with van der Waals surface area (Å²) in [5.74, 6) is 2.41. The first-order valence-electron chi connectivity index (χ1n) is 23.9.